The Kier molecular flexibility index (Phi) is 9.08. The van der Waals surface area contributed by atoms with Crippen LogP contribution in [0.25, 0.3) is 0 Å². The molecule has 3 aromatic rings. The fourth-order valence-corrected chi connectivity index (χ4v) is 5.70. The molecule has 1 amide bonds. The summed E-state index contributed by atoms with van der Waals surface area (Å²) in [6, 6.07) is 23.9. The summed E-state index contributed by atoms with van der Waals surface area (Å²) in [7, 11) is 0. The Morgan fingerprint density at radius 2 is 1.95 bits per heavy atom. The summed E-state index contributed by atoms with van der Waals surface area (Å²) in [5.74, 6) is -0.0784. The van der Waals surface area contributed by atoms with E-state index in [2.05, 4.69) is 82.0 Å². The first-order chi connectivity index (χ1) is 17.5. The Bertz CT molecular complexity index is 1290. The molecule has 0 saturated carbocycles. The van der Waals surface area contributed by atoms with Crippen LogP contribution in [0.2, 0.25) is 0 Å². The Hall–Kier alpha value is -2.64. The van der Waals surface area contributed by atoms with Crippen LogP contribution in [-0.2, 0) is 41.0 Å². The molecule has 1 N–H and O–H groups in total. The van der Waals surface area contributed by atoms with Crippen molar-refractivity contribution >= 4 is 27.5 Å². The van der Waals surface area contributed by atoms with Crippen LogP contribution in [0.4, 0.5) is 5.69 Å². The smallest absolute Gasteiger partial charge is 0.246 e. The number of hydrogen-bond acceptors (Lipinski definition) is 3. The summed E-state index contributed by atoms with van der Waals surface area (Å²) >= 11 is 3.56. The minimum atomic E-state index is -0.733. The second kappa shape index (κ2) is 12.3. The number of anilines is 1. The number of amides is 1. The predicted molar refractivity (Wildman–Crippen MR) is 148 cm³/mol. The third-order valence-corrected chi connectivity index (χ3v) is 7.59. The first-order valence-electron chi connectivity index (χ1n) is 12.4. The Labute approximate surface area is 238 Å². The number of carbonyl (C=O) groups excluding carboxylic acids is 1. The van der Waals surface area contributed by atoms with E-state index in [4.69, 9.17) is 0 Å². The van der Waals surface area contributed by atoms with E-state index >= 15 is 0 Å². The molecule has 0 bridgehead atoms. The first-order valence-corrected chi connectivity index (χ1v) is 13.2. The van der Waals surface area contributed by atoms with Crippen molar-refractivity contribution in [2.75, 3.05) is 18.0 Å². The second-order valence-corrected chi connectivity index (χ2v) is 10.4. The largest absolute Gasteiger partial charge is 0.370 e. The van der Waals surface area contributed by atoms with Crippen LogP contribution >= 0.6 is 15.9 Å². The fourth-order valence-electron chi connectivity index (χ4n) is 5.29. The van der Waals surface area contributed by atoms with Gasteiger partial charge in [0, 0.05) is 52.5 Å². The molecule has 193 valence electrons. The zero-order valence-electron chi connectivity index (χ0n) is 20.6. The molecule has 0 fully saturated rings. The molecular formula is C31H30BrCoN2O2-. The van der Waals surface area contributed by atoms with Crippen molar-refractivity contribution in [2.24, 2.45) is 0 Å². The van der Waals surface area contributed by atoms with Gasteiger partial charge in [-0.15, -0.1) is 0 Å². The molecule has 2 aliphatic heterocycles. The normalized spacial score (nSPS) is 17.5. The van der Waals surface area contributed by atoms with Gasteiger partial charge >= 0.3 is 0 Å². The molecule has 2 atom stereocenters. The number of fused-ring (bicyclic) bond motifs is 2. The van der Waals surface area contributed by atoms with Gasteiger partial charge in [0.2, 0.25) is 5.91 Å². The van der Waals surface area contributed by atoms with Crippen molar-refractivity contribution in [3.8, 4) is 0 Å². The molecule has 1 unspecified atom stereocenters. The van der Waals surface area contributed by atoms with Gasteiger partial charge in [-0.2, -0.15) is 35.9 Å². The van der Waals surface area contributed by atoms with Crippen molar-refractivity contribution in [1.82, 2.24) is 4.90 Å². The van der Waals surface area contributed by atoms with Crippen LogP contribution in [0, 0.1) is 6.07 Å². The van der Waals surface area contributed by atoms with Crippen molar-refractivity contribution in [1.29, 1.82) is 0 Å². The maximum atomic E-state index is 12.5. The van der Waals surface area contributed by atoms with Gasteiger partial charge in [-0.05, 0) is 71.9 Å². The summed E-state index contributed by atoms with van der Waals surface area (Å²) in [4.78, 5) is 16.4. The maximum absolute atomic E-state index is 12.5. The van der Waals surface area contributed by atoms with E-state index in [9.17, 15) is 9.90 Å². The van der Waals surface area contributed by atoms with Crippen LogP contribution in [0.3, 0.4) is 0 Å². The van der Waals surface area contributed by atoms with E-state index in [0.29, 0.717) is 13.1 Å². The quantitative estimate of drug-likeness (QED) is 0.222. The summed E-state index contributed by atoms with van der Waals surface area (Å²) in [5.41, 5.74) is 7.16. The number of hydrogen-bond donors (Lipinski definition) is 1. The molecule has 0 saturated heterocycles. The van der Waals surface area contributed by atoms with Gasteiger partial charge in [0.25, 0.3) is 0 Å². The number of benzene rings is 3. The van der Waals surface area contributed by atoms with Crippen molar-refractivity contribution < 1.29 is 26.7 Å². The molecule has 0 aliphatic carbocycles. The van der Waals surface area contributed by atoms with E-state index in [1.54, 1.807) is 0 Å². The van der Waals surface area contributed by atoms with Crippen LogP contribution in [0.15, 0.2) is 89.9 Å². The molecule has 6 heteroatoms. The predicted octanol–water partition coefficient (Wildman–Crippen LogP) is 5.78. The standard InChI is InChI=1S/C31H30BrN2O2.Co/c1-2-30(35)33-20-25-11-10-23(17-22-7-4-3-5-8-22)18-28(25)26(21-33)12-15-31(36)34-16-6-9-24-19-27(32)13-14-29(24)34;/h2,4-5,7-8,10-15,18-19,26,31,36H,1,6,9,16-17,20-21H2;/q-1;/b15-12+;/t26?,31-;/m1./s1. The van der Waals surface area contributed by atoms with Crippen molar-refractivity contribution in [3.63, 3.8) is 0 Å². The Morgan fingerprint density at radius 3 is 2.73 bits per heavy atom. The number of aryl methyl sites for hydroxylation is 1. The molecule has 0 spiro atoms. The van der Waals surface area contributed by atoms with Crippen LogP contribution in [0.1, 0.15) is 40.2 Å². The van der Waals surface area contributed by atoms with Gasteiger partial charge in [0.15, 0.2) is 0 Å². The van der Waals surface area contributed by atoms with Crippen LogP contribution in [0.5, 0.6) is 0 Å². The molecule has 2 aliphatic rings. The SMILES string of the molecule is C=CC(=O)N1Cc2ccc(Cc3cc[c-]cc3)cc2C(/C=C/[C@@H](O)N2CCCc3cc(Br)ccc32)C1.[Co]. The number of rotatable bonds is 6. The van der Waals surface area contributed by atoms with E-state index in [-0.39, 0.29) is 28.6 Å². The zero-order valence-corrected chi connectivity index (χ0v) is 23.2. The number of aliphatic hydroxyl groups is 1. The molecule has 3 aromatic carbocycles. The molecule has 2 heterocycles. The van der Waals surface area contributed by atoms with Crippen molar-refractivity contribution in [2.45, 2.75) is 38.0 Å². The summed E-state index contributed by atoms with van der Waals surface area (Å²) < 4.78 is 1.06. The van der Waals surface area contributed by atoms with Gasteiger partial charge in [-0.1, -0.05) is 46.8 Å². The van der Waals surface area contributed by atoms with Gasteiger partial charge in [-0.25, -0.2) is 0 Å². The number of carbonyl (C=O) groups is 1. The van der Waals surface area contributed by atoms with Crippen LogP contribution in [-0.4, -0.2) is 35.2 Å². The third kappa shape index (κ3) is 6.26. The van der Waals surface area contributed by atoms with Gasteiger partial charge in [0.05, 0.1) is 0 Å². The number of aliphatic hydroxyl groups excluding tert-OH is 1. The molecule has 5 rings (SSSR count). The van der Waals surface area contributed by atoms with Crippen molar-refractivity contribution in [3.05, 3.63) is 124 Å². The minimum Gasteiger partial charge on any atom is -0.370 e. The van der Waals surface area contributed by atoms with Gasteiger partial charge < -0.3 is 14.9 Å². The minimum absolute atomic E-state index is 0. The summed E-state index contributed by atoms with van der Waals surface area (Å²) in [5, 5.41) is 11.2. The van der Waals surface area contributed by atoms with E-state index in [1.165, 1.54) is 28.3 Å². The number of nitrogens with zero attached hydrogens (tertiary/aromatic N) is 2. The van der Waals surface area contributed by atoms with E-state index in [1.807, 2.05) is 29.2 Å². The molecule has 4 nitrogen and oxygen atoms in total. The maximum Gasteiger partial charge on any atom is 0.246 e. The zero-order chi connectivity index (χ0) is 25.1. The molecular weight excluding hydrogens is 571 g/mol. The first kappa shape index (κ1) is 27.4. The van der Waals surface area contributed by atoms with E-state index < -0.39 is 6.23 Å². The van der Waals surface area contributed by atoms with Gasteiger partial charge in [-0.3, -0.25) is 4.79 Å². The van der Waals surface area contributed by atoms with Gasteiger partial charge in [0.1, 0.15) is 6.23 Å². The van der Waals surface area contributed by atoms with Crippen LogP contribution < -0.4 is 4.90 Å². The Morgan fingerprint density at radius 1 is 1.14 bits per heavy atom. The summed E-state index contributed by atoms with van der Waals surface area (Å²) in [6.07, 6.45) is 7.46. The summed E-state index contributed by atoms with van der Waals surface area (Å²) in [6.45, 7) is 5.62. The third-order valence-electron chi connectivity index (χ3n) is 7.10. The average Bonchev–Trinajstić information content (AvgIpc) is 2.91. The fraction of sp³-hybridized carbons (Fsp3) is 0.258. The topological polar surface area (TPSA) is 43.8 Å². The number of halogens is 1. The molecule has 1 radical (unpaired) electrons. The monoisotopic (exact) mass is 600 g/mol. The molecule has 37 heavy (non-hydrogen) atoms. The average molecular weight is 601 g/mol. The Balaban J connectivity index is 0.00000320. The second-order valence-electron chi connectivity index (χ2n) is 9.52. The van der Waals surface area contributed by atoms with E-state index in [0.717, 1.165) is 41.5 Å². The molecule has 0 aromatic heterocycles.